The third-order valence-corrected chi connectivity index (χ3v) is 12.3. The number of nitrogens with zero attached hydrogens (tertiary/aromatic N) is 1. The van der Waals surface area contributed by atoms with Gasteiger partial charge in [0.05, 0.1) is 0 Å². The van der Waals surface area contributed by atoms with Gasteiger partial charge in [-0.2, -0.15) is 0 Å². The Hall–Kier alpha value is -6.74. The first-order valence-electron chi connectivity index (χ1n) is 18.5. The van der Waals surface area contributed by atoms with E-state index < -0.39 is 0 Å². The Bertz CT molecular complexity index is 3200. The first kappa shape index (κ1) is 30.8. The maximum atomic E-state index is 2.40. The number of rotatable bonds is 5. The number of thiophene rings is 1. The van der Waals surface area contributed by atoms with E-state index in [-0.39, 0.29) is 0 Å². The molecule has 0 fully saturated rings. The van der Waals surface area contributed by atoms with Gasteiger partial charge in [0.25, 0.3) is 0 Å². The van der Waals surface area contributed by atoms with Crippen LogP contribution >= 0.6 is 11.3 Å². The van der Waals surface area contributed by atoms with Crippen LogP contribution < -0.4 is 4.90 Å². The summed E-state index contributed by atoms with van der Waals surface area (Å²) in [5, 5.41) is 12.8. The lowest BCUT2D eigenvalue weighted by atomic mass is 9.97. The summed E-state index contributed by atoms with van der Waals surface area (Å²) in [5.74, 6) is 0. The van der Waals surface area contributed by atoms with Crippen molar-refractivity contribution in [2.45, 2.75) is 0 Å². The van der Waals surface area contributed by atoms with Crippen LogP contribution in [0.25, 0.3) is 85.5 Å². The second kappa shape index (κ2) is 12.4. The summed E-state index contributed by atoms with van der Waals surface area (Å²) in [7, 11) is 0. The van der Waals surface area contributed by atoms with Crippen LogP contribution in [0.1, 0.15) is 0 Å². The molecule has 252 valence electrons. The van der Waals surface area contributed by atoms with Crippen LogP contribution in [0.3, 0.4) is 0 Å². The lowest BCUT2D eigenvalue weighted by Gasteiger charge is -2.26. The monoisotopic (exact) mass is 703 g/mol. The van der Waals surface area contributed by atoms with Gasteiger partial charge in [-0.1, -0.05) is 152 Å². The van der Waals surface area contributed by atoms with Gasteiger partial charge in [0.15, 0.2) is 0 Å². The molecule has 0 saturated heterocycles. The summed E-state index contributed by atoms with van der Waals surface area (Å²) in [4.78, 5) is 2.40. The van der Waals surface area contributed by atoms with Crippen molar-refractivity contribution in [1.29, 1.82) is 0 Å². The van der Waals surface area contributed by atoms with Gasteiger partial charge >= 0.3 is 0 Å². The Morgan fingerprint density at radius 1 is 0.296 bits per heavy atom. The topological polar surface area (TPSA) is 3.24 Å². The molecule has 1 heterocycles. The molecule has 0 aliphatic rings. The van der Waals surface area contributed by atoms with Crippen LogP contribution in [0.15, 0.2) is 200 Å². The van der Waals surface area contributed by atoms with Crippen molar-refractivity contribution in [3.63, 3.8) is 0 Å². The highest BCUT2D eigenvalue weighted by molar-refractivity contribution is 7.26. The Labute approximate surface area is 317 Å². The van der Waals surface area contributed by atoms with Crippen molar-refractivity contribution < 1.29 is 0 Å². The van der Waals surface area contributed by atoms with Crippen LogP contribution in [0.5, 0.6) is 0 Å². The molecular formula is C52H33NS. The molecule has 0 spiro atoms. The lowest BCUT2D eigenvalue weighted by Crippen LogP contribution is -2.09. The fourth-order valence-electron chi connectivity index (χ4n) is 8.34. The Morgan fingerprint density at radius 3 is 1.61 bits per heavy atom. The molecule has 11 rings (SSSR count). The molecule has 0 aliphatic carbocycles. The van der Waals surface area contributed by atoms with Crippen molar-refractivity contribution >= 4 is 91.7 Å². The quantitative estimate of drug-likeness (QED) is 0.161. The van der Waals surface area contributed by atoms with E-state index >= 15 is 0 Å². The largest absolute Gasteiger partial charge is 0.310 e. The van der Waals surface area contributed by atoms with Crippen LogP contribution in [0.2, 0.25) is 0 Å². The summed E-state index contributed by atoms with van der Waals surface area (Å²) in [6.07, 6.45) is 0. The molecule has 54 heavy (non-hydrogen) atoms. The van der Waals surface area contributed by atoms with Crippen LogP contribution in [-0.2, 0) is 0 Å². The second-order valence-corrected chi connectivity index (χ2v) is 15.2. The molecule has 0 atom stereocenters. The summed E-state index contributed by atoms with van der Waals surface area (Å²) in [6.45, 7) is 0. The maximum absolute atomic E-state index is 2.40. The molecule has 1 nitrogen and oxygen atoms in total. The zero-order chi connectivity index (χ0) is 35.6. The normalized spacial score (nSPS) is 11.7. The number of fused-ring (bicyclic) bond motifs is 9. The summed E-state index contributed by atoms with van der Waals surface area (Å²) < 4.78 is 2.65. The molecule has 0 aliphatic heterocycles. The number of hydrogen-bond donors (Lipinski definition) is 0. The van der Waals surface area contributed by atoms with Crippen molar-refractivity contribution in [2.24, 2.45) is 0 Å². The van der Waals surface area contributed by atoms with E-state index in [4.69, 9.17) is 0 Å². The molecule has 10 aromatic carbocycles. The van der Waals surface area contributed by atoms with Gasteiger partial charge in [-0.15, -0.1) is 11.3 Å². The molecule has 0 amide bonds. The van der Waals surface area contributed by atoms with E-state index in [1.807, 2.05) is 11.3 Å². The van der Waals surface area contributed by atoms with Crippen LogP contribution in [-0.4, -0.2) is 0 Å². The minimum atomic E-state index is 1.12. The highest BCUT2D eigenvalue weighted by atomic mass is 32.1. The van der Waals surface area contributed by atoms with E-state index in [9.17, 15) is 0 Å². The molecule has 1 aromatic heterocycles. The SMILES string of the molecule is c1ccc2c(-c3ccc(N(c4ccc(-c5ccc6c(ccc7ccccc76)c5)cc4)c4ccc5sc6c7ccccc7ccc6c5c4)cc3)cccc2c1. The lowest BCUT2D eigenvalue weighted by molar-refractivity contribution is 1.29. The Morgan fingerprint density at radius 2 is 0.833 bits per heavy atom. The molecule has 11 aromatic rings. The Kier molecular flexibility index (Phi) is 7.11. The molecular weight excluding hydrogens is 671 g/mol. The zero-order valence-electron chi connectivity index (χ0n) is 29.4. The van der Waals surface area contributed by atoms with Gasteiger partial charge in [-0.3, -0.25) is 0 Å². The van der Waals surface area contributed by atoms with E-state index in [2.05, 4.69) is 205 Å². The predicted molar refractivity (Wildman–Crippen MR) is 235 cm³/mol. The molecule has 0 bridgehead atoms. The van der Waals surface area contributed by atoms with E-state index in [1.54, 1.807) is 0 Å². The standard InChI is InChI=1S/C52H33NS/c1-4-12-44-35(8-1)11-7-15-46(44)38-20-26-42(27-21-38)53(43-28-31-51-50(33-43)49-30-22-37-10-3-6-14-48(37)52(49)54-51)41-24-18-34(19-25-41)39-23-29-47-40(32-39)17-16-36-9-2-5-13-45(36)47/h1-33H. The third kappa shape index (κ3) is 5.07. The third-order valence-electron chi connectivity index (χ3n) is 11.0. The van der Waals surface area contributed by atoms with E-state index in [0.717, 1.165) is 17.1 Å². The van der Waals surface area contributed by atoms with Crippen LogP contribution in [0.4, 0.5) is 17.1 Å². The first-order chi connectivity index (χ1) is 26.7. The van der Waals surface area contributed by atoms with Gasteiger partial charge in [0, 0.05) is 37.2 Å². The fraction of sp³-hybridized carbons (Fsp3) is 0. The molecule has 0 N–H and O–H groups in total. The molecule has 0 radical (unpaired) electrons. The smallest absolute Gasteiger partial charge is 0.0468 e. The van der Waals surface area contributed by atoms with Gasteiger partial charge in [-0.25, -0.2) is 0 Å². The fourth-order valence-corrected chi connectivity index (χ4v) is 9.56. The highest BCUT2D eigenvalue weighted by Gasteiger charge is 2.17. The van der Waals surface area contributed by atoms with Gasteiger partial charge in [0.2, 0.25) is 0 Å². The highest BCUT2D eigenvalue weighted by Crippen LogP contribution is 2.43. The maximum Gasteiger partial charge on any atom is 0.0468 e. The summed E-state index contributed by atoms with van der Waals surface area (Å²) in [5.41, 5.74) is 8.25. The molecule has 2 heteroatoms. The van der Waals surface area contributed by atoms with Gasteiger partial charge in [0.1, 0.15) is 0 Å². The second-order valence-electron chi connectivity index (χ2n) is 14.1. The van der Waals surface area contributed by atoms with Crippen molar-refractivity contribution in [1.82, 2.24) is 0 Å². The average Bonchev–Trinajstić information content (AvgIpc) is 3.62. The number of anilines is 3. The van der Waals surface area contributed by atoms with E-state index in [0.29, 0.717) is 0 Å². The van der Waals surface area contributed by atoms with Gasteiger partial charge in [-0.05, 0) is 114 Å². The number of benzene rings is 10. The average molecular weight is 704 g/mol. The molecule has 0 saturated carbocycles. The van der Waals surface area contributed by atoms with Crippen molar-refractivity contribution in [3.8, 4) is 22.3 Å². The summed E-state index contributed by atoms with van der Waals surface area (Å²) >= 11 is 1.89. The minimum Gasteiger partial charge on any atom is -0.310 e. The predicted octanol–water partition coefficient (Wildman–Crippen LogP) is 15.5. The first-order valence-corrected chi connectivity index (χ1v) is 19.3. The number of hydrogen-bond acceptors (Lipinski definition) is 2. The summed E-state index contributed by atoms with van der Waals surface area (Å²) in [6, 6.07) is 73.5. The zero-order valence-corrected chi connectivity index (χ0v) is 30.2. The van der Waals surface area contributed by atoms with Gasteiger partial charge < -0.3 is 4.90 Å². The van der Waals surface area contributed by atoms with Crippen molar-refractivity contribution in [3.05, 3.63) is 200 Å². The molecule has 0 unspecified atom stereocenters. The Balaban J connectivity index is 1.03. The van der Waals surface area contributed by atoms with Crippen molar-refractivity contribution in [2.75, 3.05) is 4.90 Å². The van der Waals surface area contributed by atoms with E-state index in [1.165, 1.54) is 85.5 Å². The van der Waals surface area contributed by atoms with Crippen LogP contribution in [0, 0.1) is 0 Å². The minimum absolute atomic E-state index is 1.12.